The van der Waals surface area contributed by atoms with Crippen molar-refractivity contribution in [1.82, 2.24) is 0 Å². The van der Waals surface area contributed by atoms with E-state index in [1.807, 2.05) is 13.0 Å². The molecule has 0 spiro atoms. The van der Waals surface area contributed by atoms with E-state index in [4.69, 9.17) is 10.5 Å². The first-order chi connectivity index (χ1) is 7.10. The zero-order chi connectivity index (χ0) is 11.4. The molecule has 0 fully saturated rings. The summed E-state index contributed by atoms with van der Waals surface area (Å²) in [6.07, 6.45) is 0.853. The first kappa shape index (κ1) is 12.0. The second kappa shape index (κ2) is 5.12. The third-order valence-electron chi connectivity index (χ3n) is 2.71. The van der Waals surface area contributed by atoms with Crippen molar-refractivity contribution in [2.24, 2.45) is 5.73 Å². The van der Waals surface area contributed by atoms with Gasteiger partial charge in [-0.05, 0) is 43.5 Å². The highest BCUT2D eigenvalue weighted by Crippen LogP contribution is 2.28. The van der Waals surface area contributed by atoms with Crippen LogP contribution in [0.5, 0.6) is 5.75 Å². The van der Waals surface area contributed by atoms with Crippen LogP contribution >= 0.6 is 0 Å². The molecule has 0 aliphatic heterocycles. The molecular weight excluding hydrogens is 193 g/mol. The highest BCUT2D eigenvalue weighted by atomic mass is 19.1. The van der Waals surface area contributed by atoms with Crippen LogP contribution < -0.4 is 10.5 Å². The fraction of sp³-hybridized carbons (Fsp3) is 0.500. The number of methoxy groups -OCH3 is 1. The minimum absolute atomic E-state index is 0.215. The van der Waals surface area contributed by atoms with Crippen LogP contribution in [0.3, 0.4) is 0 Å². The Morgan fingerprint density at radius 1 is 1.47 bits per heavy atom. The molecule has 15 heavy (non-hydrogen) atoms. The molecule has 1 aromatic rings. The van der Waals surface area contributed by atoms with Gasteiger partial charge in [0.1, 0.15) is 11.6 Å². The Morgan fingerprint density at radius 3 is 2.67 bits per heavy atom. The van der Waals surface area contributed by atoms with Crippen molar-refractivity contribution in [1.29, 1.82) is 0 Å². The van der Waals surface area contributed by atoms with E-state index in [-0.39, 0.29) is 11.7 Å². The van der Waals surface area contributed by atoms with Gasteiger partial charge in [0.2, 0.25) is 0 Å². The second-order valence-corrected chi connectivity index (χ2v) is 3.81. The van der Waals surface area contributed by atoms with Gasteiger partial charge in [-0.1, -0.05) is 6.92 Å². The van der Waals surface area contributed by atoms with Crippen LogP contribution in [0, 0.1) is 12.7 Å². The average molecular weight is 211 g/mol. The molecule has 0 saturated heterocycles. The summed E-state index contributed by atoms with van der Waals surface area (Å²) in [5.41, 5.74) is 6.98. The lowest BCUT2D eigenvalue weighted by Crippen LogP contribution is -2.05. The Labute approximate surface area is 90.2 Å². The van der Waals surface area contributed by atoms with Crippen LogP contribution in [0.15, 0.2) is 12.1 Å². The molecule has 1 unspecified atom stereocenters. The van der Waals surface area contributed by atoms with Gasteiger partial charge in [0.05, 0.1) is 7.11 Å². The number of nitrogens with two attached hydrogens (primary N) is 1. The molecule has 0 aliphatic rings. The van der Waals surface area contributed by atoms with Crippen LogP contribution in [0.4, 0.5) is 4.39 Å². The summed E-state index contributed by atoms with van der Waals surface area (Å²) in [4.78, 5) is 0. The van der Waals surface area contributed by atoms with Crippen molar-refractivity contribution >= 4 is 0 Å². The first-order valence-corrected chi connectivity index (χ1v) is 5.14. The Kier molecular flexibility index (Phi) is 4.09. The lowest BCUT2D eigenvalue weighted by molar-refractivity contribution is 0.406. The quantitative estimate of drug-likeness (QED) is 0.830. The summed E-state index contributed by atoms with van der Waals surface area (Å²) < 4.78 is 18.6. The van der Waals surface area contributed by atoms with E-state index in [2.05, 4.69) is 0 Å². The number of rotatable bonds is 4. The molecule has 0 bridgehead atoms. The van der Waals surface area contributed by atoms with Gasteiger partial charge in [-0.3, -0.25) is 0 Å². The third kappa shape index (κ3) is 2.69. The molecule has 0 radical (unpaired) electrons. The summed E-state index contributed by atoms with van der Waals surface area (Å²) in [5, 5.41) is 0. The maximum absolute atomic E-state index is 13.5. The standard InChI is InChI=1S/C12H18FNO/c1-8(4-5-14)10-6-11(13)9(2)12(7-10)15-3/h6-8H,4-5,14H2,1-3H3. The molecule has 0 aromatic heterocycles. The molecule has 3 heteroatoms. The normalized spacial score (nSPS) is 12.6. The number of ether oxygens (including phenoxy) is 1. The first-order valence-electron chi connectivity index (χ1n) is 5.14. The van der Waals surface area contributed by atoms with Crippen LogP contribution in [-0.2, 0) is 0 Å². The summed E-state index contributed by atoms with van der Waals surface area (Å²) in [5.74, 6) is 0.654. The molecule has 0 amide bonds. The van der Waals surface area contributed by atoms with E-state index in [1.165, 1.54) is 0 Å². The highest BCUT2D eigenvalue weighted by Gasteiger charge is 2.11. The zero-order valence-corrected chi connectivity index (χ0v) is 9.51. The van der Waals surface area contributed by atoms with Crippen molar-refractivity contribution in [2.75, 3.05) is 13.7 Å². The number of benzene rings is 1. The van der Waals surface area contributed by atoms with Gasteiger partial charge in [-0.25, -0.2) is 4.39 Å². The molecule has 0 saturated carbocycles. The average Bonchev–Trinajstić information content (AvgIpc) is 2.22. The van der Waals surface area contributed by atoms with Crippen molar-refractivity contribution < 1.29 is 9.13 Å². The predicted octanol–water partition coefficient (Wildman–Crippen LogP) is 2.60. The molecule has 84 valence electrons. The Bertz CT molecular complexity index is 339. The number of hydrogen-bond donors (Lipinski definition) is 1. The largest absolute Gasteiger partial charge is 0.496 e. The summed E-state index contributed by atoms with van der Waals surface area (Å²) in [6, 6.07) is 3.46. The van der Waals surface area contributed by atoms with E-state index in [9.17, 15) is 4.39 Å². The Balaban J connectivity index is 3.05. The van der Waals surface area contributed by atoms with E-state index in [1.54, 1.807) is 20.1 Å². The zero-order valence-electron chi connectivity index (χ0n) is 9.51. The van der Waals surface area contributed by atoms with E-state index in [0.717, 1.165) is 12.0 Å². The smallest absolute Gasteiger partial charge is 0.130 e. The van der Waals surface area contributed by atoms with E-state index >= 15 is 0 Å². The predicted molar refractivity (Wildman–Crippen MR) is 59.8 cm³/mol. The number of hydrogen-bond acceptors (Lipinski definition) is 2. The second-order valence-electron chi connectivity index (χ2n) is 3.81. The van der Waals surface area contributed by atoms with Gasteiger partial charge in [-0.2, -0.15) is 0 Å². The fourth-order valence-electron chi connectivity index (χ4n) is 1.59. The van der Waals surface area contributed by atoms with Crippen LogP contribution in [-0.4, -0.2) is 13.7 Å². The van der Waals surface area contributed by atoms with E-state index < -0.39 is 0 Å². The van der Waals surface area contributed by atoms with Crippen LogP contribution in [0.25, 0.3) is 0 Å². The van der Waals surface area contributed by atoms with Crippen molar-refractivity contribution in [3.63, 3.8) is 0 Å². The van der Waals surface area contributed by atoms with Crippen LogP contribution in [0.2, 0.25) is 0 Å². The fourth-order valence-corrected chi connectivity index (χ4v) is 1.59. The SMILES string of the molecule is COc1cc(C(C)CCN)cc(F)c1C. The van der Waals surface area contributed by atoms with Gasteiger partial charge in [-0.15, -0.1) is 0 Å². The lowest BCUT2D eigenvalue weighted by atomic mass is 9.96. The summed E-state index contributed by atoms with van der Waals surface area (Å²) >= 11 is 0. The minimum Gasteiger partial charge on any atom is -0.496 e. The van der Waals surface area contributed by atoms with Crippen LogP contribution in [0.1, 0.15) is 30.4 Å². The van der Waals surface area contributed by atoms with Gasteiger partial charge in [0.15, 0.2) is 0 Å². The monoisotopic (exact) mass is 211 g/mol. The van der Waals surface area contributed by atoms with Gasteiger partial charge < -0.3 is 10.5 Å². The molecule has 1 aromatic carbocycles. The maximum Gasteiger partial charge on any atom is 0.130 e. The molecule has 0 heterocycles. The maximum atomic E-state index is 13.5. The topological polar surface area (TPSA) is 35.2 Å². The minimum atomic E-state index is -0.215. The van der Waals surface area contributed by atoms with Crippen molar-refractivity contribution in [3.8, 4) is 5.75 Å². The third-order valence-corrected chi connectivity index (χ3v) is 2.71. The Morgan fingerprint density at radius 2 is 2.13 bits per heavy atom. The molecule has 1 rings (SSSR count). The number of halogens is 1. The van der Waals surface area contributed by atoms with Gasteiger partial charge >= 0.3 is 0 Å². The van der Waals surface area contributed by atoms with Crippen molar-refractivity contribution in [2.45, 2.75) is 26.2 Å². The Hall–Kier alpha value is -1.09. The molecule has 2 N–H and O–H groups in total. The highest BCUT2D eigenvalue weighted by molar-refractivity contribution is 5.39. The van der Waals surface area contributed by atoms with E-state index in [0.29, 0.717) is 17.9 Å². The molecular formula is C12H18FNO. The molecule has 2 nitrogen and oxygen atoms in total. The molecule has 0 aliphatic carbocycles. The lowest BCUT2D eigenvalue weighted by Gasteiger charge is -2.14. The van der Waals surface area contributed by atoms with Crippen molar-refractivity contribution in [3.05, 3.63) is 29.1 Å². The summed E-state index contributed by atoms with van der Waals surface area (Å²) in [6.45, 7) is 4.36. The molecule has 1 atom stereocenters. The van der Waals surface area contributed by atoms with Gasteiger partial charge in [0.25, 0.3) is 0 Å². The summed E-state index contributed by atoms with van der Waals surface area (Å²) in [7, 11) is 1.55. The van der Waals surface area contributed by atoms with Gasteiger partial charge in [0, 0.05) is 5.56 Å².